The zero-order valence-corrected chi connectivity index (χ0v) is 17.7. The van der Waals surface area contributed by atoms with Gasteiger partial charge in [0.05, 0.1) is 5.52 Å². The monoisotopic (exact) mass is 404 g/mol. The van der Waals surface area contributed by atoms with E-state index in [1.807, 2.05) is 18.2 Å². The molecule has 31 heavy (non-hydrogen) atoms. The molecular formula is C28H24N2O. The van der Waals surface area contributed by atoms with Gasteiger partial charge >= 0.3 is 0 Å². The SMILES string of the molecule is CC(C)n1nc(-c2ccc(O)cc2)c2cccc(-c3ccc(-c4ccccc4)cc3)c21. The standard InChI is InChI=1S/C28H24N2O/c1-19(2)30-28-25(22-13-11-21(12-14-22)20-7-4-3-5-8-20)9-6-10-26(28)27(29-30)23-15-17-24(31)18-16-23/h3-19,31H,1-2H3. The first-order chi connectivity index (χ1) is 15.1. The highest BCUT2D eigenvalue weighted by molar-refractivity contribution is 6.02. The average Bonchev–Trinajstić information content (AvgIpc) is 3.21. The van der Waals surface area contributed by atoms with E-state index in [2.05, 4.69) is 85.3 Å². The van der Waals surface area contributed by atoms with E-state index in [0.717, 1.165) is 22.2 Å². The first-order valence-corrected chi connectivity index (χ1v) is 10.6. The molecule has 0 aliphatic carbocycles. The van der Waals surface area contributed by atoms with E-state index < -0.39 is 0 Å². The Morgan fingerprint density at radius 2 is 1.26 bits per heavy atom. The van der Waals surface area contributed by atoms with E-state index >= 15 is 0 Å². The number of phenolic OH excluding ortho intramolecular Hbond substituents is 1. The molecule has 0 aliphatic heterocycles. The molecule has 1 N–H and O–H groups in total. The van der Waals surface area contributed by atoms with Gasteiger partial charge in [-0.3, -0.25) is 4.68 Å². The molecule has 0 amide bonds. The Kier molecular flexibility index (Phi) is 4.79. The lowest BCUT2D eigenvalue weighted by Crippen LogP contribution is -2.03. The fourth-order valence-corrected chi connectivity index (χ4v) is 4.11. The van der Waals surface area contributed by atoms with Gasteiger partial charge in [0.25, 0.3) is 0 Å². The fourth-order valence-electron chi connectivity index (χ4n) is 4.11. The molecule has 5 rings (SSSR count). The smallest absolute Gasteiger partial charge is 0.115 e. The van der Waals surface area contributed by atoms with Crippen LogP contribution in [0.15, 0.2) is 97.1 Å². The van der Waals surface area contributed by atoms with Crippen molar-refractivity contribution in [1.82, 2.24) is 9.78 Å². The molecular weight excluding hydrogens is 380 g/mol. The van der Waals surface area contributed by atoms with E-state index in [-0.39, 0.29) is 11.8 Å². The van der Waals surface area contributed by atoms with E-state index in [9.17, 15) is 5.11 Å². The van der Waals surface area contributed by atoms with Crippen molar-refractivity contribution in [2.24, 2.45) is 0 Å². The lowest BCUT2D eigenvalue weighted by molar-refractivity contribution is 0.475. The van der Waals surface area contributed by atoms with Gasteiger partial charge in [0.1, 0.15) is 11.4 Å². The Balaban J connectivity index is 1.67. The highest BCUT2D eigenvalue weighted by Gasteiger charge is 2.18. The zero-order valence-electron chi connectivity index (χ0n) is 17.7. The quantitative estimate of drug-likeness (QED) is 0.341. The van der Waals surface area contributed by atoms with Gasteiger partial charge in [-0.1, -0.05) is 72.8 Å². The second kappa shape index (κ2) is 7.77. The highest BCUT2D eigenvalue weighted by Crippen LogP contribution is 2.37. The van der Waals surface area contributed by atoms with Crippen molar-refractivity contribution in [2.75, 3.05) is 0 Å². The normalized spacial score (nSPS) is 11.3. The number of aromatic hydroxyl groups is 1. The van der Waals surface area contributed by atoms with Gasteiger partial charge in [-0.15, -0.1) is 0 Å². The number of aromatic nitrogens is 2. The number of phenols is 1. The third-order valence-electron chi connectivity index (χ3n) is 5.66. The van der Waals surface area contributed by atoms with Crippen LogP contribution in [0.3, 0.4) is 0 Å². The van der Waals surface area contributed by atoms with E-state index in [1.54, 1.807) is 12.1 Å². The number of hydrogen-bond donors (Lipinski definition) is 1. The molecule has 0 aliphatic rings. The highest BCUT2D eigenvalue weighted by atomic mass is 16.3. The summed E-state index contributed by atoms with van der Waals surface area (Å²) in [5.74, 6) is 0.260. The number of fused-ring (bicyclic) bond motifs is 1. The lowest BCUT2D eigenvalue weighted by atomic mass is 9.97. The van der Waals surface area contributed by atoms with Crippen molar-refractivity contribution >= 4 is 10.9 Å². The molecule has 3 nitrogen and oxygen atoms in total. The molecule has 0 saturated heterocycles. The topological polar surface area (TPSA) is 38.0 Å². The first-order valence-electron chi connectivity index (χ1n) is 10.6. The minimum Gasteiger partial charge on any atom is -0.508 e. The second-order valence-electron chi connectivity index (χ2n) is 8.08. The van der Waals surface area contributed by atoms with Gasteiger partial charge in [0.15, 0.2) is 0 Å². The maximum Gasteiger partial charge on any atom is 0.115 e. The van der Waals surface area contributed by atoms with Crippen LogP contribution in [0.1, 0.15) is 19.9 Å². The van der Waals surface area contributed by atoms with E-state index in [0.29, 0.717) is 0 Å². The molecule has 0 spiro atoms. The van der Waals surface area contributed by atoms with Gasteiger partial charge in [-0.25, -0.2) is 0 Å². The Labute approximate surface area is 182 Å². The molecule has 0 atom stereocenters. The maximum atomic E-state index is 9.68. The number of nitrogens with zero attached hydrogens (tertiary/aromatic N) is 2. The van der Waals surface area contributed by atoms with Crippen molar-refractivity contribution in [2.45, 2.75) is 19.9 Å². The minimum atomic E-state index is 0.220. The van der Waals surface area contributed by atoms with Crippen LogP contribution in [0.2, 0.25) is 0 Å². The average molecular weight is 405 g/mol. The predicted octanol–water partition coefficient (Wildman–Crippen LogP) is 7.32. The predicted molar refractivity (Wildman–Crippen MR) is 128 cm³/mol. The minimum absolute atomic E-state index is 0.220. The summed E-state index contributed by atoms with van der Waals surface area (Å²) in [4.78, 5) is 0. The fraction of sp³-hybridized carbons (Fsp3) is 0.107. The molecule has 0 bridgehead atoms. The number of para-hydroxylation sites is 1. The Morgan fingerprint density at radius 1 is 0.645 bits per heavy atom. The zero-order chi connectivity index (χ0) is 21.4. The summed E-state index contributed by atoms with van der Waals surface area (Å²) in [6.07, 6.45) is 0. The summed E-state index contributed by atoms with van der Waals surface area (Å²) < 4.78 is 2.11. The largest absolute Gasteiger partial charge is 0.508 e. The van der Waals surface area contributed by atoms with E-state index in [4.69, 9.17) is 5.10 Å². The first kappa shape index (κ1) is 19.1. The molecule has 0 fully saturated rings. The van der Waals surface area contributed by atoms with Crippen molar-refractivity contribution in [3.05, 3.63) is 97.1 Å². The molecule has 0 saturated carbocycles. The number of hydrogen-bond acceptors (Lipinski definition) is 2. The number of rotatable bonds is 4. The molecule has 5 aromatic rings. The van der Waals surface area contributed by atoms with Gasteiger partial charge in [-0.05, 0) is 54.8 Å². The van der Waals surface area contributed by atoms with Crippen LogP contribution in [0.5, 0.6) is 5.75 Å². The van der Waals surface area contributed by atoms with E-state index in [1.165, 1.54) is 22.3 Å². The third kappa shape index (κ3) is 3.49. The Hall–Kier alpha value is -3.85. The summed E-state index contributed by atoms with van der Waals surface area (Å²) in [7, 11) is 0. The van der Waals surface area contributed by atoms with Gasteiger partial charge in [-0.2, -0.15) is 5.10 Å². The van der Waals surface area contributed by atoms with Crippen LogP contribution in [0.25, 0.3) is 44.4 Å². The summed E-state index contributed by atoms with van der Waals surface area (Å²) in [5, 5.41) is 15.8. The Bertz CT molecular complexity index is 1330. The van der Waals surface area contributed by atoms with Crippen LogP contribution in [-0.2, 0) is 0 Å². The summed E-state index contributed by atoms with van der Waals surface area (Å²) in [5.41, 5.74) is 7.83. The van der Waals surface area contributed by atoms with Gasteiger partial charge in [0, 0.05) is 22.6 Å². The lowest BCUT2D eigenvalue weighted by Gasteiger charge is -2.12. The van der Waals surface area contributed by atoms with Crippen molar-refractivity contribution in [3.63, 3.8) is 0 Å². The molecule has 4 aromatic carbocycles. The molecule has 1 heterocycles. The summed E-state index contributed by atoms with van der Waals surface area (Å²) in [6, 6.07) is 33.1. The van der Waals surface area contributed by atoms with Crippen molar-refractivity contribution in [3.8, 4) is 39.3 Å². The molecule has 1 aromatic heterocycles. The molecule has 152 valence electrons. The Morgan fingerprint density at radius 3 is 1.94 bits per heavy atom. The van der Waals surface area contributed by atoms with Crippen molar-refractivity contribution < 1.29 is 5.11 Å². The van der Waals surface area contributed by atoms with Crippen LogP contribution in [-0.4, -0.2) is 14.9 Å². The van der Waals surface area contributed by atoms with Crippen LogP contribution in [0, 0.1) is 0 Å². The van der Waals surface area contributed by atoms with Crippen LogP contribution < -0.4 is 0 Å². The van der Waals surface area contributed by atoms with Crippen LogP contribution >= 0.6 is 0 Å². The third-order valence-corrected chi connectivity index (χ3v) is 5.66. The molecule has 0 unspecified atom stereocenters. The maximum absolute atomic E-state index is 9.68. The second-order valence-corrected chi connectivity index (χ2v) is 8.08. The number of benzene rings is 4. The van der Waals surface area contributed by atoms with Crippen LogP contribution in [0.4, 0.5) is 0 Å². The van der Waals surface area contributed by atoms with Crippen molar-refractivity contribution in [1.29, 1.82) is 0 Å². The molecule has 3 heteroatoms. The van der Waals surface area contributed by atoms with Gasteiger partial charge in [0.2, 0.25) is 0 Å². The molecule has 0 radical (unpaired) electrons. The summed E-state index contributed by atoms with van der Waals surface area (Å²) >= 11 is 0. The summed E-state index contributed by atoms with van der Waals surface area (Å²) in [6.45, 7) is 4.31. The van der Waals surface area contributed by atoms with Gasteiger partial charge < -0.3 is 5.11 Å².